The predicted molar refractivity (Wildman–Crippen MR) is 117 cm³/mol. The topological polar surface area (TPSA) is 86.2 Å². The van der Waals surface area contributed by atoms with E-state index in [9.17, 15) is 5.26 Å². The Morgan fingerprint density at radius 3 is 2.77 bits per heavy atom. The molecule has 5 rings (SSSR count). The number of piperazine rings is 1. The molecule has 3 heterocycles. The number of nitrogens with one attached hydrogen (secondary N) is 2. The molecule has 1 saturated heterocycles. The van der Waals surface area contributed by atoms with Gasteiger partial charge in [0.25, 0.3) is 0 Å². The fourth-order valence-corrected chi connectivity index (χ4v) is 4.12. The van der Waals surface area contributed by atoms with Crippen molar-refractivity contribution in [3.05, 3.63) is 42.1 Å². The molecule has 0 atom stereocenters. The number of aromatic amines is 1. The van der Waals surface area contributed by atoms with Crippen LogP contribution in [0.15, 0.2) is 36.5 Å². The van der Waals surface area contributed by atoms with Crippen LogP contribution in [0.3, 0.4) is 0 Å². The van der Waals surface area contributed by atoms with Gasteiger partial charge in [0.2, 0.25) is 0 Å². The summed E-state index contributed by atoms with van der Waals surface area (Å²) in [5.41, 5.74) is 3.38. The maximum absolute atomic E-state index is 9.18. The first-order valence-electron chi connectivity index (χ1n) is 10.1. The molecule has 2 aromatic carbocycles. The van der Waals surface area contributed by atoms with Crippen LogP contribution in [0.2, 0.25) is 0 Å². The zero-order valence-corrected chi connectivity index (χ0v) is 16.9. The zero-order chi connectivity index (χ0) is 20.5. The highest BCUT2D eigenvalue weighted by Gasteiger charge is 2.15. The molecule has 0 aliphatic carbocycles. The summed E-state index contributed by atoms with van der Waals surface area (Å²) in [6, 6.07) is 11.8. The molecule has 4 aromatic rings. The summed E-state index contributed by atoms with van der Waals surface area (Å²) < 4.78 is 11.7. The number of fused-ring (bicyclic) bond motifs is 5. The minimum Gasteiger partial charge on any atom is -0.493 e. The molecule has 2 N–H and O–H groups in total. The van der Waals surface area contributed by atoms with E-state index in [4.69, 9.17) is 9.47 Å². The van der Waals surface area contributed by atoms with E-state index in [2.05, 4.69) is 26.3 Å². The third-order valence-electron chi connectivity index (χ3n) is 5.73. The van der Waals surface area contributed by atoms with Gasteiger partial charge in [-0.05, 0) is 18.2 Å². The van der Waals surface area contributed by atoms with Crippen molar-refractivity contribution >= 4 is 32.7 Å². The Balaban J connectivity index is 1.50. The summed E-state index contributed by atoms with van der Waals surface area (Å²) in [7, 11) is 1.66. The Morgan fingerprint density at radius 1 is 1.10 bits per heavy atom. The fourth-order valence-electron chi connectivity index (χ4n) is 4.12. The number of hydrogen-bond acceptors (Lipinski definition) is 6. The number of nitriles is 1. The molecule has 0 radical (unpaired) electrons. The zero-order valence-electron chi connectivity index (χ0n) is 16.9. The summed E-state index contributed by atoms with van der Waals surface area (Å²) in [6.45, 7) is 5.64. The molecular weight excluding hydrogens is 378 g/mol. The number of H-pyrrole nitrogens is 1. The summed E-state index contributed by atoms with van der Waals surface area (Å²) in [6.07, 6.45) is 1.87. The number of pyridine rings is 1. The molecule has 0 amide bonds. The molecule has 0 spiro atoms. The number of aromatic nitrogens is 2. The lowest BCUT2D eigenvalue weighted by Gasteiger charge is -2.27. The third kappa shape index (κ3) is 3.30. The van der Waals surface area contributed by atoms with E-state index < -0.39 is 0 Å². The second kappa shape index (κ2) is 7.82. The number of benzene rings is 2. The van der Waals surface area contributed by atoms with Crippen LogP contribution >= 0.6 is 0 Å². The van der Waals surface area contributed by atoms with Crippen molar-refractivity contribution in [1.29, 1.82) is 5.26 Å². The van der Waals surface area contributed by atoms with E-state index in [1.54, 1.807) is 7.11 Å². The average Bonchev–Trinajstić information content (AvgIpc) is 3.17. The van der Waals surface area contributed by atoms with E-state index in [0.717, 1.165) is 65.4 Å². The number of nitrogens with zero attached hydrogens (tertiary/aromatic N) is 3. The van der Waals surface area contributed by atoms with Crippen molar-refractivity contribution in [1.82, 2.24) is 20.2 Å². The molecule has 2 aromatic heterocycles. The molecule has 0 unspecified atom stereocenters. The smallest absolute Gasteiger partial charge is 0.163 e. The van der Waals surface area contributed by atoms with Gasteiger partial charge in [-0.15, -0.1) is 0 Å². The van der Waals surface area contributed by atoms with Gasteiger partial charge in [0, 0.05) is 66.7 Å². The fraction of sp³-hybridized carbons (Fsp3) is 0.304. The molecule has 7 nitrogen and oxygen atoms in total. The van der Waals surface area contributed by atoms with Crippen molar-refractivity contribution < 1.29 is 9.47 Å². The van der Waals surface area contributed by atoms with Crippen LogP contribution in [0.4, 0.5) is 0 Å². The van der Waals surface area contributed by atoms with E-state index in [0.29, 0.717) is 23.7 Å². The minimum absolute atomic E-state index is 0.605. The van der Waals surface area contributed by atoms with Crippen molar-refractivity contribution in [2.45, 2.75) is 0 Å². The molecule has 7 heteroatoms. The highest BCUT2D eigenvalue weighted by Crippen LogP contribution is 2.36. The van der Waals surface area contributed by atoms with Crippen LogP contribution < -0.4 is 14.8 Å². The van der Waals surface area contributed by atoms with Crippen LogP contribution in [0.1, 0.15) is 5.56 Å². The van der Waals surface area contributed by atoms with Gasteiger partial charge >= 0.3 is 0 Å². The van der Waals surface area contributed by atoms with Gasteiger partial charge in [0.1, 0.15) is 6.61 Å². The van der Waals surface area contributed by atoms with Crippen LogP contribution in [-0.2, 0) is 0 Å². The molecule has 30 heavy (non-hydrogen) atoms. The Bertz CT molecular complexity index is 1270. The van der Waals surface area contributed by atoms with Crippen LogP contribution in [0.25, 0.3) is 32.7 Å². The standard InChI is InChI=1S/C23H23N5O2/c1-29-21-11-17-19(12-22(21)30-9-8-28-6-4-25-5-7-28)26-14-18-16-3-2-15(13-24)10-20(16)27-23(17)18/h2-3,10-12,14,25,27H,4-9H2,1H3. The van der Waals surface area contributed by atoms with Crippen LogP contribution in [0, 0.1) is 11.3 Å². The van der Waals surface area contributed by atoms with Crippen molar-refractivity contribution in [3.63, 3.8) is 0 Å². The largest absolute Gasteiger partial charge is 0.493 e. The Morgan fingerprint density at radius 2 is 1.97 bits per heavy atom. The summed E-state index contributed by atoms with van der Waals surface area (Å²) in [4.78, 5) is 10.5. The summed E-state index contributed by atoms with van der Waals surface area (Å²) in [5, 5.41) is 15.6. The Kier molecular flexibility index (Phi) is 4.87. The Labute approximate surface area is 174 Å². The summed E-state index contributed by atoms with van der Waals surface area (Å²) in [5.74, 6) is 1.39. The maximum atomic E-state index is 9.18. The monoisotopic (exact) mass is 401 g/mol. The highest BCUT2D eigenvalue weighted by molar-refractivity contribution is 6.16. The number of hydrogen-bond donors (Lipinski definition) is 2. The van der Waals surface area contributed by atoms with Crippen molar-refractivity contribution in [2.24, 2.45) is 0 Å². The first-order valence-corrected chi connectivity index (χ1v) is 10.1. The lowest BCUT2D eigenvalue weighted by atomic mass is 10.1. The van der Waals surface area contributed by atoms with Crippen molar-refractivity contribution in [2.75, 3.05) is 46.4 Å². The third-order valence-corrected chi connectivity index (χ3v) is 5.73. The van der Waals surface area contributed by atoms with E-state index in [1.165, 1.54) is 0 Å². The first-order chi connectivity index (χ1) is 14.8. The van der Waals surface area contributed by atoms with Gasteiger partial charge in [0.05, 0.1) is 29.8 Å². The lowest BCUT2D eigenvalue weighted by molar-refractivity contribution is 0.188. The molecule has 152 valence electrons. The predicted octanol–water partition coefficient (Wildman–Crippen LogP) is 3.03. The van der Waals surface area contributed by atoms with E-state index in [-0.39, 0.29) is 0 Å². The molecule has 0 bridgehead atoms. The molecule has 0 saturated carbocycles. The number of methoxy groups -OCH3 is 1. The molecule has 1 fully saturated rings. The first kappa shape index (κ1) is 18.7. The van der Waals surface area contributed by atoms with Gasteiger partial charge in [-0.25, -0.2) is 0 Å². The number of ether oxygens (including phenoxy) is 2. The van der Waals surface area contributed by atoms with E-state index in [1.807, 2.05) is 36.5 Å². The van der Waals surface area contributed by atoms with Crippen LogP contribution in [0.5, 0.6) is 11.5 Å². The quantitative estimate of drug-likeness (QED) is 0.535. The van der Waals surface area contributed by atoms with Crippen molar-refractivity contribution in [3.8, 4) is 17.6 Å². The van der Waals surface area contributed by atoms with Gasteiger partial charge in [-0.2, -0.15) is 5.26 Å². The van der Waals surface area contributed by atoms with Gasteiger partial charge < -0.3 is 19.8 Å². The van der Waals surface area contributed by atoms with Gasteiger partial charge in [0.15, 0.2) is 11.5 Å². The van der Waals surface area contributed by atoms with Gasteiger partial charge in [-0.1, -0.05) is 6.07 Å². The number of rotatable bonds is 5. The van der Waals surface area contributed by atoms with E-state index >= 15 is 0 Å². The summed E-state index contributed by atoms with van der Waals surface area (Å²) >= 11 is 0. The second-order valence-electron chi connectivity index (χ2n) is 7.50. The van der Waals surface area contributed by atoms with Gasteiger partial charge in [-0.3, -0.25) is 9.88 Å². The van der Waals surface area contributed by atoms with Crippen LogP contribution in [-0.4, -0.2) is 61.3 Å². The molecular formula is C23H23N5O2. The SMILES string of the molecule is COc1cc2c(cc1OCCN1CCNCC1)ncc1c3ccc(C#N)cc3[nH]c21. The minimum atomic E-state index is 0.605. The average molecular weight is 401 g/mol. The molecule has 1 aliphatic heterocycles. The maximum Gasteiger partial charge on any atom is 0.163 e. The Hall–Kier alpha value is -3.34. The molecule has 1 aliphatic rings. The normalized spacial score (nSPS) is 14.9. The second-order valence-corrected chi connectivity index (χ2v) is 7.50. The highest BCUT2D eigenvalue weighted by atomic mass is 16.5. The lowest BCUT2D eigenvalue weighted by Crippen LogP contribution is -2.44.